The normalized spacial score (nSPS) is 17.6. The largest absolute Gasteiger partial charge is 0.504 e. The second-order valence-corrected chi connectivity index (χ2v) is 5.51. The highest BCUT2D eigenvalue weighted by atomic mass is 16.5. The average Bonchev–Trinajstić information content (AvgIpc) is 2.42. The summed E-state index contributed by atoms with van der Waals surface area (Å²) in [6.45, 7) is 5.55. The van der Waals surface area contributed by atoms with Crippen molar-refractivity contribution in [2.24, 2.45) is 5.92 Å². The van der Waals surface area contributed by atoms with Gasteiger partial charge in [0.25, 0.3) is 0 Å². The van der Waals surface area contributed by atoms with E-state index < -0.39 is 0 Å². The Morgan fingerprint density at radius 2 is 2.05 bits per heavy atom. The molecular formula is C16H25NO2. The molecule has 0 aliphatic carbocycles. The van der Waals surface area contributed by atoms with Crippen molar-refractivity contribution in [1.82, 2.24) is 4.90 Å². The summed E-state index contributed by atoms with van der Waals surface area (Å²) < 4.78 is 5.07. The van der Waals surface area contributed by atoms with Crippen molar-refractivity contribution in [1.29, 1.82) is 0 Å². The smallest absolute Gasteiger partial charge is 0.160 e. The molecule has 3 nitrogen and oxygen atoms in total. The van der Waals surface area contributed by atoms with Crippen LogP contribution in [0.3, 0.4) is 0 Å². The molecule has 1 N–H and O–H groups in total. The minimum absolute atomic E-state index is 0.237. The fourth-order valence-electron chi connectivity index (χ4n) is 2.93. The number of phenolic OH excluding ortho intramolecular Hbond substituents is 1. The minimum Gasteiger partial charge on any atom is -0.504 e. The third-order valence-corrected chi connectivity index (χ3v) is 4.05. The molecular weight excluding hydrogens is 238 g/mol. The predicted octanol–water partition coefficient (Wildman–Crippen LogP) is 3.41. The van der Waals surface area contributed by atoms with E-state index in [0.717, 1.165) is 18.0 Å². The fraction of sp³-hybridized carbons (Fsp3) is 0.625. The van der Waals surface area contributed by atoms with E-state index in [1.807, 2.05) is 18.2 Å². The first-order chi connectivity index (χ1) is 9.22. The number of hydrogen-bond acceptors (Lipinski definition) is 3. The zero-order valence-electron chi connectivity index (χ0n) is 12.1. The Morgan fingerprint density at radius 3 is 2.63 bits per heavy atom. The highest BCUT2D eigenvalue weighted by Gasteiger charge is 2.18. The van der Waals surface area contributed by atoms with E-state index >= 15 is 0 Å². The molecule has 1 heterocycles. The van der Waals surface area contributed by atoms with Crippen LogP contribution in [-0.2, 0) is 6.54 Å². The van der Waals surface area contributed by atoms with E-state index in [9.17, 15) is 5.11 Å². The minimum atomic E-state index is 0.237. The third kappa shape index (κ3) is 3.87. The SMILES string of the molecule is CCCC1CCN(Cc2ccc(OC)c(O)c2)CC1. The topological polar surface area (TPSA) is 32.7 Å². The van der Waals surface area contributed by atoms with Gasteiger partial charge in [0.2, 0.25) is 0 Å². The van der Waals surface area contributed by atoms with Crippen LogP contribution >= 0.6 is 0 Å². The standard InChI is InChI=1S/C16H25NO2/c1-3-4-13-7-9-17(10-8-13)12-14-5-6-16(19-2)15(18)11-14/h5-6,11,13,18H,3-4,7-10,12H2,1-2H3. The molecule has 0 bridgehead atoms. The Kier molecular flexibility index (Phi) is 5.08. The summed E-state index contributed by atoms with van der Waals surface area (Å²) in [6.07, 6.45) is 5.31. The third-order valence-electron chi connectivity index (χ3n) is 4.05. The van der Waals surface area contributed by atoms with Crippen LogP contribution in [0, 0.1) is 5.92 Å². The summed E-state index contributed by atoms with van der Waals surface area (Å²) in [5, 5.41) is 9.79. The molecule has 0 saturated carbocycles. The Bertz CT molecular complexity index is 398. The maximum Gasteiger partial charge on any atom is 0.160 e. The number of likely N-dealkylation sites (tertiary alicyclic amines) is 1. The van der Waals surface area contributed by atoms with Gasteiger partial charge in [-0.25, -0.2) is 0 Å². The Labute approximate surface area is 116 Å². The number of ether oxygens (including phenoxy) is 1. The molecule has 0 unspecified atom stereocenters. The Morgan fingerprint density at radius 1 is 1.32 bits per heavy atom. The predicted molar refractivity (Wildman–Crippen MR) is 77.6 cm³/mol. The molecule has 1 saturated heterocycles. The molecule has 0 atom stereocenters. The van der Waals surface area contributed by atoms with Gasteiger partial charge < -0.3 is 9.84 Å². The van der Waals surface area contributed by atoms with Gasteiger partial charge in [-0.3, -0.25) is 4.90 Å². The van der Waals surface area contributed by atoms with Gasteiger partial charge in [0.1, 0.15) is 0 Å². The first-order valence-corrected chi connectivity index (χ1v) is 7.31. The van der Waals surface area contributed by atoms with E-state index in [1.165, 1.54) is 38.8 Å². The molecule has 1 aliphatic heterocycles. The molecule has 0 aromatic heterocycles. The first-order valence-electron chi connectivity index (χ1n) is 7.31. The van der Waals surface area contributed by atoms with Gasteiger partial charge in [0, 0.05) is 6.54 Å². The number of benzene rings is 1. The van der Waals surface area contributed by atoms with E-state index in [1.54, 1.807) is 7.11 Å². The van der Waals surface area contributed by atoms with Gasteiger partial charge in [0.15, 0.2) is 11.5 Å². The zero-order chi connectivity index (χ0) is 13.7. The van der Waals surface area contributed by atoms with Crippen LogP contribution in [0.4, 0.5) is 0 Å². The highest BCUT2D eigenvalue weighted by Crippen LogP contribution is 2.28. The molecule has 0 spiro atoms. The summed E-state index contributed by atoms with van der Waals surface area (Å²) in [5.74, 6) is 1.71. The number of piperidine rings is 1. The zero-order valence-corrected chi connectivity index (χ0v) is 12.1. The molecule has 2 rings (SSSR count). The van der Waals surface area contributed by atoms with Crippen molar-refractivity contribution in [2.45, 2.75) is 39.2 Å². The van der Waals surface area contributed by atoms with Crippen molar-refractivity contribution in [3.8, 4) is 11.5 Å². The van der Waals surface area contributed by atoms with Crippen LogP contribution in [0.15, 0.2) is 18.2 Å². The van der Waals surface area contributed by atoms with Crippen molar-refractivity contribution in [2.75, 3.05) is 20.2 Å². The molecule has 1 aromatic carbocycles. The van der Waals surface area contributed by atoms with Crippen LogP contribution in [0.2, 0.25) is 0 Å². The number of hydrogen-bond donors (Lipinski definition) is 1. The maximum absolute atomic E-state index is 9.79. The van der Waals surface area contributed by atoms with Crippen LogP contribution in [0.25, 0.3) is 0 Å². The van der Waals surface area contributed by atoms with Gasteiger partial charge in [-0.15, -0.1) is 0 Å². The number of aromatic hydroxyl groups is 1. The van der Waals surface area contributed by atoms with E-state index in [0.29, 0.717) is 5.75 Å². The maximum atomic E-state index is 9.79. The second-order valence-electron chi connectivity index (χ2n) is 5.51. The molecule has 19 heavy (non-hydrogen) atoms. The number of methoxy groups -OCH3 is 1. The van der Waals surface area contributed by atoms with Crippen molar-refractivity contribution in [3.05, 3.63) is 23.8 Å². The van der Waals surface area contributed by atoms with Gasteiger partial charge in [-0.2, -0.15) is 0 Å². The molecule has 106 valence electrons. The summed E-state index contributed by atoms with van der Waals surface area (Å²) in [4.78, 5) is 2.48. The quantitative estimate of drug-likeness (QED) is 0.883. The van der Waals surface area contributed by atoms with Crippen LogP contribution in [-0.4, -0.2) is 30.2 Å². The summed E-state index contributed by atoms with van der Waals surface area (Å²) in [6, 6.07) is 5.70. The Balaban J connectivity index is 1.87. The molecule has 1 aliphatic rings. The van der Waals surface area contributed by atoms with E-state index in [2.05, 4.69) is 11.8 Å². The fourth-order valence-corrected chi connectivity index (χ4v) is 2.93. The molecule has 0 amide bonds. The molecule has 0 radical (unpaired) electrons. The monoisotopic (exact) mass is 263 g/mol. The van der Waals surface area contributed by atoms with Crippen LogP contribution in [0.5, 0.6) is 11.5 Å². The lowest BCUT2D eigenvalue weighted by Gasteiger charge is -2.31. The molecule has 1 fully saturated rings. The van der Waals surface area contributed by atoms with E-state index in [-0.39, 0.29) is 5.75 Å². The summed E-state index contributed by atoms with van der Waals surface area (Å²) in [5.41, 5.74) is 1.16. The van der Waals surface area contributed by atoms with Crippen LogP contribution in [0.1, 0.15) is 38.2 Å². The highest BCUT2D eigenvalue weighted by molar-refractivity contribution is 5.41. The average molecular weight is 263 g/mol. The van der Waals surface area contributed by atoms with Gasteiger partial charge >= 0.3 is 0 Å². The van der Waals surface area contributed by atoms with E-state index in [4.69, 9.17) is 4.74 Å². The first kappa shape index (κ1) is 14.2. The lowest BCUT2D eigenvalue weighted by Crippen LogP contribution is -2.33. The lowest BCUT2D eigenvalue weighted by atomic mass is 9.92. The molecule has 1 aromatic rings. The van der Waals surface area contributed by atoms with Crippen LogP contribution < -0.4 is 4.74 Å². The second kappa shape index (κ2) is 6.80. The number of nitrogens with zero attached hydrogens (tertiary/aromatic N) is 1. The number of rotatable bonds is 5. The van der Waals surface area contributed by atoms with Crippen molar-refractivity contribution < 1.29 is 9.84 Å². The van der Waals surface area contributed by atoms with Gasteiger partial charge in [-0.05, 0) is 49.5 Å². The summed E-state index contributed by atoms with van der Waals surface area (Å²) in [7, 11) is 1.58. The Hall–Kier alpha value is -1.22. The van der Waals surface area contributed by atoms with Crippen molar-refractivity contribution >= 4 is 0 Å². The number of phenols is 1. The lowest BCUT2D eigenvalue weighted by molar-refractivity contribution is 0.171. The van der Waals surface area contributed by atoms with Gasteiger partial charge in [-0.1, -0.05) is 25.8 Å². The van der Waals surface area contributed by atoms with Crippen molar-refractivity contribution in [3.63, 3.8) is 0 Å². The van der Waals surface area contributed by atoms with Gasteiger partial charge in [0.05, 0.1) is 7.11 Å². The summed E-state index contributed by atoms with van der Waals surface area (Å²) >= 11 is 0. The molecule has 3 heteroatoms.